The van der Waals surface area contributed by atoms with E-state index in [-0.39, 0.29) is 6.61 Å². The van der Waals surface area contributed by atoms with Crippen molar-refractivity contribution in [3.63, 3.8) is 0 Å². The topological polar surface area (TPSA) is 248 Å². The van der Waals surface area contributed by atoms with E-state index in [4.69, 9.17) is 28.8 Å². The molecule has 10 N–H and O–H groups in total. The smallest absolute Gasteiger partial charge is 0.187 e. The lowest BCUT2D eigenvalue weighted by atomic mass is 9.97. The zero-order valence-electron chi connectivity index (χ0n) is 17.4. The van der Waals surface area contributed by atoms with Gasteiger partial charge in [-0.25, -0.2) is 0 Å². The molecule has 3 fully saturated rings. The second kappa shape index (κ2) is 11.4. The Labute approximate surface area is 187 Å². The Balaban J connectivity index is 1.70. The number of ether oxygens (including phenoxy) is 5. The molecule has 14 atom stereocenters. The van der Waals surface area contributed by atoms with E-state index in [2.05, 4.69) is 0 Å². The molecule has 3 heterocycles. The van der Waals surface area contributed by atoms with Gasteiger partial charge < -0.3 is 74.7 Å². The molecule has 0 spiro atoms. The molecule has 194 valence electrons. The highest BCUT2D eigenvalue weighted by Gasteiger charge is 2.52. The Morgan fingerprint density at radius 2 is 1.24 bits per heavy atom. The van der Waals surface area contributed by atoms with Gasteiger partial charge in [0, 0.05) is 0 Å². The fourth-order valence-corrected chi connectivity index (χ4v) is 4.04. The summed E-state index contributed by atoms with van der Waals surface area (Å²) in [5.41, 5.74) is 0. The second-order valence-electron chi connectivity index (χ2n) is 8.22. The van der Waals surface area contributed by atoms with Crippen LogP contribution >= 0.6 is 0 Å². The summed E-state index contributed by atoms with van der Waals surface area (Å²) < 4.78 is 26.8. The highest BCUT2D eigenvalue weighted by atomic mass is 16.7. The first-order valence-corrected chi connectivity index (χ1v) is 10.5. The van der Waals surface area contributed by atoms with Crippen molar-refractivity contribution in [1.82, 2.24) is 0 Å². The fraction of sp³-hybridized carbons (Fsp3) is 1.00. The van der Waals surface area contributed by atoms with Crippen molar-refractivity contribution in [3.8, 4) is 0 Å². The number of hydrogen-bond donors (Lipinski definition) is 10. The normalized spacial score (nSPS) is 49.8. The maximum atomic E-state index is 10.6. The lowest BCUT2D eigenvalue weighted by molar-refractivity contribution is -0.365. The van der Waals surface area contributed by atoms with Gasteiger partial charge in [0.05, 0.1) is 26.4 Å². The number of rotatable bonds is 8. The van der Waals surface area contributed by atoms with Gasteiger partial charge in [-0.05, 0) is 0 Å². The standard InChI is InChI=1S/C18H32O15/c19-1-5(22)14-15(6(23)4-29-14)32-18-13(28)11(26)16(8(3-21)31-18)33-17-12(27)10(25)9(24)7(2-20)30-17/h5-28H,1-4H2/t5?,6?,7?,8?,9-,10-,11+,12?,13?,14?,15?,16-,17-,18-/m1/s1. The summed E-state index contributed by atoms with van der Waals surface area (Å²) in [7, 11) is 0. The molecule has 0 aromatic rings. The van der Waals surface area contributed by atoms with Gasteiger partial charge in [-0.1, -0.05) is 0 Å². The summed E-state index contributed by atoms with van der Waals surface area (Å²) in [6.07, 6.45) is -21.3. The second-order valence-corrected chi connectivity index (χ2v) is 8.22. The third-order valence-electron chi connectivity index (χ3n) is 5.98. The minimum atomic E-state index is -1.82. The Morgan fingerprint density at radius 1 is 0.697 bits per heavy atom. The fourth-order valence-electron chi connectivity index (χ4n) is 4.04. The highest BCUT2D eigenvalue weighted by Crippen LogP contribution is 2.31. The molecule has 0 aromatic heterocycles. The van der Waals surface area contributed by atoms with E-state index >= 15 is 0 Å². The molecular weight excluding hydrogens is 456 g/mol. The van der Waals surface area contributed by atoms with Crippen LogP contribution in [0.2, 0.25) is 0 Å². The largest absolute Gasteiger partial charge is 0.394 e. The monoisotopic (exact) mass is 488 g/mol. The molecule has 0 radical (unpaired) electrons. The van der Waals surface area contributed by atoms with Crippen LogP contribution in [0.15, 0.2) is 0 Å². The van der Waals surface area contributed by atoms with Crippen molar-refractivity contribution in [1.29, 1.82) is 0 Å². The zero-order chi connectivity index (χ0) is 24.4. The van der Waals surface area contributed by atoms with Crippen LogP contribution in [0.25, 0.3) is 0 Å². The molecule has 0 bridgehead atoms. The predicted octanol–water partition coefficient (Wildman–Crippen LogP) is -6.89. The highest BCUT2D eigenvalue weighted by molar-refractivity contribution is 4.96. The van der Waals surface area contributed by atoms with Gasteiger partial charge >= 0.3 is 0 Å². The number of hydrogen-bond acceptors (Lipinski definition) is 15. The molecule has 3 aliphatic rings. The van der Waals surface area contributed by atoms with Crippen LogP contribution in [0.5, 0.6) is 0 Å². The molecular formula is C18H32O15. The number of aliphatic hydroxyl groups is 10. The molecule has 33 heavy (non-hydrogen) atoms. The average Bonchev–Trinajstić information content (AvgIpc) is 3.17. The molecule has 3 aliphatic heterocycles. The van der Waals surface area contributed by atoms with Crippen molar-refractivity contribution in [2.75, 3.05) is 26.4 Å². The first kappa shape index (κ1) is 27.0. The van der Waals surface area contributed by atoms with E-state index in [1.54, 1.807) is 0 Å². The third kappa shape index (κ3) is 5.48. The lowest BCUT2D eigenvalue weighted by Crippen LogP contribution is -2.65. The Kier molecular flexibility index (Phi) is 9.35. The van der Waals surface area contributed by atoms with Crippen LogP contribution in [0.1, 0.15) is 0 Å². The predicted molar refractivity (Wildman–Crippen MR) is 100 cm³/mol. The Bertz CT molecular complexity index is 607. The van der Waals surface area contributed by atoms with E-state index in [1.807, 2.05) is 0 Å². The van der Waals surface area contributed by atoms with Gasteiger partial charge in [0.1, 0.15) is 73.2 Å². The summed E-state index contributed by atoms with van der Waals surface area (Å²) in [6, 6.07) is 0. The molecule has 0 aromatic carbocycles. The molecule has 0 amide bonds. The SMILES string of the molecule is OCC(O)C1OCC(O)C1O[C@H]1OC(CO)[C@@H](O[C@H]2OC(CO)[C@@H](O)[C@@H](O)C2O)[C@@H](O)C1O. The van der Waals surface area contributed by atoms with Gasteiger partial charge in [-0.2, -0.15) is 0 Å². The van der Waals surface area contributed by atoms with Crippen LogP contribution in [0, 0.1) is 0 Å². The molecule has 15 nitrogen and oxygen atoms in total. The molecule has 0 saturated carbocycles. The quantitative estimate of drug-likeness (QED) is 0.152. The first-order chi connectivity index (χ1) is 15.6. The van der Waals surface area contributed by atoms with Crippen LogP contribution in [0.4, 0.5) is 0 Å². The van der Waals surface area contributed by atoms with E-state index in [0.717, 1.165) is 0 Å². The van der Waals surface area contributed by atoms with E-state index in [1.165, 1.54) is 0 Å². The van der Waals surface area contributed by atoms with E-state index in [9.17, 15) is 46.0 Å². The number of aliphatic hydroxyl groups excluding tert-OH is 10. The summed E-state index contributed by atoms with van der Waals surface area (Å²) in [6.45, 7) is -2.41. The van der Waals surface area contributed by atoms with Gasteiger partial charge in [0.15, 0.2) is 12.6 Å². The Hall–Kier alpha value is -0.600. The first-order valence-electron chi connectivity index (χ1n) is 10.5. The summed E-state index contributed by atoms with van der Waals surface area (Å²) >= 11 is 0. The minimum absolute atomic E-state index is 0.232. The Morgan fingerprint density at radius 3 is 1.82 bits per heavy atom. The van der Waals surface area contributed by atoms with Gasteiger partial charge in [0.2, 0.25) is 0 Å². The van der Waals surface area contributed by atoms with Crippen molar-refractivity contribution in [2.24, 2.45) is 0 Å². The maximum absolute atomic E-state index is 10.6. The third-order valence-corrected chi connectivity index (χ3v) is 5.98. The van der Waals surface area contributed by atoms with Crippen molar-refractivity contribution >= 4 is 0 Å². The summed E-state index contributed by atoms with van der Waals surface area (Å²) in [5, 5.41) is 99.1. The molecule has 8 unspecified atom stereocenters. The van der Waals surface area contributed by atoms with Crippen LogP contribution < -0.4 is 0 Å². The van der Waals surface area contributed by atoms with Crippen molar-refractivity contribution in [3.05, 3.63) is 0 Å². The minimum Gasteiger partial charge on any atom is -0.394 e. The van der Waals surface area contributed by atoms with Crippen molar-refractivity contribution < 1.29 is 74.7 Å². The van der Waals surface area contributed by atoms with E-state index < -0.39 is 106 Å². The molecule has 15 heteroatoms. The maximum Gasteiger partial charge on any atom is 0.187 e. The van der Waals surface area contributed by atoms with Gasteiger partial charge in [-0.15, -0.1) is 0 Å². The van der Waals surface area contributed by atoms with Crippen molar-refractivity contribution in [2.45, 2.75) is 85.8 Å². The van der Waals surface area contributed by atoms with Crippen LogP contribution in [0.3, 0.4) is 0 Å². The molecule has 3 saturated heterocycles. The lowest BCUT2D eigenvalue weighted by Gasteiger charge is -2.46. The van der Waals surface area contributed by atoms with E-state index in [0.29, 0.717) is 0 Å². The summed E-state index contributed by atoms with van der Waals surface area (Å²) in [4.78, 5) is 0. The van der Waals surface area contributed by atoms with Crippen LogP contribution in [-0.2, 0) is 23.7 Å². The molecule has 3 rings (SSSR count). The summed E-state index contributed by atoms with van der Waals surface area (Å²) in [5.74, 6) is 0. The zero-order valence-corrected chi connectivity index (χ0v) is 17.4. The van der Waals surface area contributed by atoms with Gasteiger partial charge in [-0.3, -0.25) is 0 Å². The van der Waals surface area contributed by atoms with Crippen LogP contribution in [-0.4, -0.2) is 163 Å². The van der Waals surface area contributed by atoms with Gasteiger partial charge in [0.25, 0.3) is 0 Å². The molecule has 0 aliphatic carbocycles. The average molecular weight is 488 g/mol.